The van der Waals surface area contributed by atoms with E-state index in [0.717, 1.165) is 122 Å². The summed E-state index contributed by atoms with van der Waals surface area (Å²) >= 11 is 0. The Morgan fingerprint density at radius 3 is 1.17 bits per heavy atom. The molecule has 0 aromatic carbocycles. The van der Waals surface area contributed by atoms with Gasteiger partial charge in [-0.25, -0.2) is 4.57 Å². The van der Waals surface area contributed by atoms with Crippen molar-refractivity contribution in [3.63, 3.8) is 0 Å². The Labute approximate surface area is 427 Å². The van der Waals surface area contributed by atoms with Crippen LogP contribution < -0.4 is 5.73 Å². The molecule has 0 amide bonds. The summed E-state index contributed by atoms with van der Waals surface area (Å²) in [6.07, 6.45) is 76.6. The molecule has 3 N–H and O–H groups in total. The van der Waals surface area contributed by atoms with Crippen LogP contribution in [0.2, 0.25) is 0 Å². The summed E-state index contributed by atoms with van der Waals surface area (Å²) in [5.41, 5.74) is 5.35. The summed E-state index contributed by atoms with van der Waals surface area (Å²) < 4.78 is 32.8. The first kappa shape index (κ1) is 66.2. The minimum absolute atomic E-state index is 0.0442. The largest absolute Gasteiger partial charge is 0.472 e. The highest BCUT2D eigenvalue weighted by Crippen LogP contribution is 2.43. The Morgan fingerprint density at radius 1 is 0.443 bits per heavy atom. The standard InChI is InChI=1S/C60H98NO8P/c1-3-5-7-9-11-13-15-16-17-18-19-20-21-22-23-24-25-26-27-28-29-30-31-32-33-34-35-36-37-38-39-40-41-42-43-45-47-49-51-53-60(63)69-58(57-68-70(64,65)67-55-54-61)56-66-59(62)52-50-48-46-44-14-12-10-8-6-4-2/h5,7,11,13,16-17,19-20,22-23,25-26,28-29,31-32,34-35,37-38,40-41,58H,3-4,6,8-10,12,14-15,18,21,24,27,30,33,36,39,42-57,61H2,1-2H3,(H,64,65)/b7-5-,13-11-,17-16-,20-19-,23-22-,26-25-,29-28-,32-31-,35-34-,38-37-,41-40-. The fourth-order valence-electron chi connectivity index (χ4n) is 6.82. The number of allylic oxidation sites excluding steroid dienone is 22. The lowest BCUT2D eigenvalue weighted by Crippen LogP contribution is -2.29. The van der Waals surface area contributed by atoms with Crippen LogP contribution in [0.3, 0.4) is 0 Å². The second-order valence-corrected chi connectivity index (χ2v) is 18.8. The molecule has 0 aromatic heterocycles. The number of phosphoric acid groups is 1. The summed E-state index contributed by atoms with van der Waals surface area (Å²) in [5, 5.41) is 0. The van der Waals surface area contributed by atoms with Gasteiger partial charge >= 0.3 is 19.8 Å². The van der Waals surface area contributed by atoms with Gasteiger partial charge in [0, 0.05) is 19.4 Å². The van der Waals surface area contributed by atoms with E-state index in [4.69, 9.17) is 24.3 Å². The van der Waals surface area contributed by atoms with Gasteiger partial charge in [0.15, 0.2) is 6.10 Å². The molecular formula is C60H98NO8P. The van der Waals surface area contributed by atoms with E-state index in [-0.39, 0.29) is 32.6 Å². The lowest BCUT2D eigenvalue weighted by Gasteiger charge is -2.19. The van der Waals surface area contributed by atoms with Crippen LogP contribution in [-0.4, -0.2) is 49.3 Å². The fraction of sp³-hybridized carbons (Fsp3) is 0.600. The van der Waals surface area contributed by atoms with Gasteiger partial charge in [0.25, 0.3) is 0 Å². The molecule has 0 aromatic rings. The van der Waals surface area contributed by atoms with Crippen LogP contribution in [0.25, 0.3) is 0 Å². The molecule has 2 unspecified atom stereocenters. The van der Waals surface area contributed by atoms with Gasteiger partial charge in [-0.05, 0) is 96.3 Å². The number of esters is 2. The number of carbonyl (C=O) groups excluding carboxylic acids is 2. The average molecular weight is 992 g/mol. The minimum Gasteiger partial charge on any atom is -0.462 e. The topological polar surface area (TPSA) is 134 Å². The van der Waals surface area contributed by atoms with Crippen LogP contribution >= 0.6 is 7.82 Å². The molecule has 0 fully saturated rings. The van der Waals surface area contributed by atoms with E-state index >= 15 is 0 Å². The minimum atomic E-state index is -4.39. The smallest absolute Gasteiger partial charge is 0.462 e. The van der Waals surface area contributed by atoms with Crippen molar-refractivity contribution < 1.29 is 37.6 Å². The molecular weight excluding hydrogens is 894 g/mol. The molecule has 0 heterocycles. The van der Waals surface area contributed by atoms with Gasteiger partial charge in [-0.3, -0.25) is 18.6 Å². The monoisotopic (exact) mass is 992 g/mol. The van der Waals surface area contributed by atoms with Gasteiger partial charge in [0.2, 0.25) is 0 Å². The van der Waals surface area contributed by atoms with Crippen molar-refractivity contribution in [1.82, 2.24) is 0 Å². The Morgan fingerprint density at radius 2 is 0.786 bits per heavy atom. The van der Waals surface area contributed by atoms with Crippen molar-refractivity contribution in [2.45, 2.75) is 206 Å². The van der Waals surface area contributed by atoms with Crippen LogP contribution in [0.5, 0.6) is 0 Å². The zero-order valence-electron chi connectivity index (χ0n) is 43.9. The summed E-state index contributed by atoms with van der Waals surface area (Å²) in [6.45, 7) is 3.56. The summed E-state index contributed by atoms with van der Waals surface area (Å²) in [6, 6.07) is 0. The molecule has 2 atom stereocenters. The highest BCUT2D eigenvalue weighted by Gasteiger charge is 2.26. The molecule has 0 bridgehead atoms. The molecule has 9 nitrogen and oxygen atoms in total. The van der Waals surface area contributed by atoms with Crippen molar-refractivity contribution in [3.8, 4) is 0 Å². The van der Waals surface area contributed by atoms with Crippen molar-refractivity contribution in [2.75, 3.05) is 26.4 Å². The lowest BCUT2D eigenvalue weighted by molar-refractivity contribution is -0.161. The second kappa shape index (κ2) is 54.5. The van der Waals surface area contributed by atoms with Crippen molar-refractivity contribution in [1.29, 1.82) is 0 Å². The van der Waals surface area contributed by atoms with Crippen molar-refractivity contribution >= 4 is 19.8 Å². The molecule has 70 heavy (non-hydrogen) atoms. The van der Waals surface area contributed by atoms with E-state index in [1.54, 1.807) is 0 Å². The quantitative estimate of drug-likeness (QED) is 0.0264. The Bertz CT molecular complexity index is 1600. The number of carbonyl (C=O) groups is 2. The van der Waals surface area contributed by atoms with Crippen molar-refractivity contribution in [3.05, 3.63) is 134 Å². The molecule has 0 rings (SSSR count). The number of hydrogen-bond acceptors (Lipinski definition) is 8. The number of nitrogens with two attached hydrogens (primary N) is 1. The van der Waals surface area contributed by atoms with E-state index in [1.165, 1.54) is 44.9 Å². The number of phosphoric ester groups is 1. The summed E-state index contributed by atoms with van der Waals surface area (Å²) in [7, 11) is -4.39. The first-order chi connectivity index (χ1) is 34.3. The van der Waals surface area contributed by atoms with Gasteiger partial charge < -0.3 is 20.1 Å². The first-order valence-corrected chi connectivity index (χ1v) is 28.7. The number of rotatable bonds is 49. The van der Waals surface area contributed by atoms with E-state index < -0.39 is 32.5 Å². The lowest BCUT2D eigenvalue weighted by atomic mass is 10.1. The molecule has 0 aliphatic rings. The average Bonchev–Trinajstić information content (AvgIpc) is 3.35. The molecule has 0 aliphatic carbocycles. The van der Waals surface area contributed by atoms with Crippen LogP contribution in [0, 0.1) is 0 Å². The van der Waals surface area contributed by atoms with E-state index in [1.807, 2.05) is 0 Å². The maximum atomic E-state index is 12.6. The Hall–Kier alpha value is -3.85. The molecule has 0 saturated carbocycles. The Balaban J connectivity index is 4.02. The number of hydrogen-bond donors (Lipinski definition) is 2. The highest BCUT2D eigenvalue weighted by molar-refractivity contribution is 7.47. The second-order valence-electron chi connectivity index (χ2n) is 17.4. The molecule has 10 heteroatoms. The summed E-state index contributed by atoms with van der Waals surface area (Å²) in [4.78, 5) is 34.9. The molecule has 0 aliphatic heterocycles. The first-order valence-electron chi connectivity index (χ1n) is 27.2. The van der Waals surface area contributed by atoms with Gasteiger partial charge in [0.05, 0.1) is 13.2 Å². The molecule has 0 saturated heterocycles. The third kappa shape index (κ3) is 53.5. The van der Waals surface area contributed by atoms with Crippen molar-refractivity contribution in [2.24, 2.45) is 5.73 Å². The summed E-state index contributed by atoms with van der Waals surface area (Å²) in [5.74, 6) is -0.861. The van der Waals surface area contributed by atoms with E-state index in [0.29, 0.717) is 6.42 Å². The van der Waals surface area contributed by atoms with E-state index in [9.17, 15) is 19.0 Å². The SMILES string of the molecule is CC/C=C\C/C=C\C/C=C\C/C=C\C/C=C\C/C=C\C/C=C\C/C=C\C/C=C\C/C=C\C/C=C\CCCCCCCC(=O)OC(COC(=O)CCCCCCCCCCCC)COP(=O)(O)OCCN. The maximum Gasteiger partial charge on any atom is 0.472 e. The van der Waals surface area contributed by atoms with Crippen LogP contribution in [-0.2, 0) is 32.7 Å². The van der Waals surface area contributed by atoms with E-state index in [2.05, 4.69) is 148 Å². The maximum absolute atomic E-state index is 12.6. The van der Waals surface area contributed by atoms with Crippen LogP contribution in [0.1, 0.15) is 200 Å². The predicted octanol–water partition coefficient (Wildman–Crippen LogP) is 17.0. The number of ether oxygens (including phenoxy) is 2. The van der Waals surface area contributed by atoms with Crippen LogP contribution in [0.4, 0.5) is 0 Å². The highest BCUT2D eigenvalue weighted by atomic mass is 31.2. The molecule has 0 spiro atoms. The predicted molar refractivity (Wildman–Crippen MR) is 297 cm³/mol. The normalized spacial score (nSPS) is 14.2. The fourth-order valence-corrected chi connectivity index (χ4v) is 7.58. The molecule has 396 valence electrons. The zero-order valence-corrected chi connectivity index (χ0v) is 44.8. The van der Waals surface area contributed by atoms with Gasteiger partial charge in [-0.1, -0.05) is 225 Å². The third-order valence-corrected chi connectivity index (χ3v) is 11.8. The van der Waals surface area contributed by atoms with Gasteiger partial charge in [0.1, 0.15) is 6.61 Å². The Kier molecular flexibility index (Phi) is 51.5. The number of unbranched alkanes of at least 4 members (excludes halogenated alkanes) is 14. The molecule has 0 radical (unpaired) electrons. The van der Waals surface area contributed by atoms with Crippen LogP contribution in [0.15, 0.2) is 134 Å². The van der Waals surface area contributed by atoms with Gasteiger partial charge in [-0.2, -0.15) is 0 Å². The van der Waals surface area contributed by atoms with Gasteiger partial charge in [-0.15, -0.1) is 0 Å². The third-order valence-electron chi connectivity index (χ3n) is 10.8. The zero-order chi connectivity index (χ0) is 51.0.